The quantitative estimate of drug-likeness (QED) is 0.529. The average molecular weight is 366 g/mol. The lowest BCUT2D eigenvalue weighted by atomic mass is 9.97. The van der Waals surface area contributed by atoms with Gasteiger partial charge in [-0.1, -0.05) is 11.8 Å². The lowest BCUT2D eigenvalue weighted by Crippen LogP contribution is -2.34. The minimum Gasteiger partial charge on any atom is -0.480 e. The third-order valence-corrected chi connectivity index (χ3v) is 5.72. The molecule has 2 heterocycles. The van der Waals surface area contributed by atoms with Gasteiger partial charge in [-0.15, -0.1) is 11.3 Å². The Morgan fingerprint density at radius 3 is 2.79 bits per heavy atom. The predicted molar refractivity (Wildman–Crippen MR) is 94.7 cm³/mol. The van der Waals surface area contributed by atoms with Crippen molar-refractivity contribution in [3.63, 3.8) is 0 Å². The fourth-order valence-corrected chi connectivity index (χ4v) is 4.58. The number of thiophene rings is 1. The Kier molecular flexibility index (Phi) is 4.91. The van der Waals surface area contributed by atoms with Crippen LogP contribution < -0.4 is 11.1 Å². The topological polar surface area (TPSA) is 118 Å². The number of nitrogens with zero attached hydrogens (tertiary/aromatic N) is 2. The minimum absolute atomic E-state index is 0.290. The fourth-order valence-electron chi connectivity index (χ4n) is 2.90. The first-order valence-electron chi connectivity index (χ1n) is 7.63. The van der Waals surface area contributed by atoms with Gasteiger partial charge in [-0.05, 0) is 37.5 Å². The Labute approximate surface area is 147 Å². The van der Waals surface area contributed by atoms with Crippen molar-refractivity contribution < 1.29 is 14.7 Å². The first-order valence-corrected chi connectivity index (χ1v) is 9.67. The highest BCUT2D eigenvalue weighted by molar-refractivity contribution is 7.98. The number of carbonyl (C=O) groups is 2. The van der Waals surface area contributed by atoms with Crippen molar-refractivity contribution in [2.75, 3.05) is 11.6 Å². The Morgan fingerprint density at radius 1 is 1.38 bits per heavy atom. The molecule has 1 atom stereocenters. The Balaban J connectivity index is 2.09. The van der Waals surface area contributed by atoms with Crippen molar-refractivity contribution in [2.24, 2.45) is 5.73 Å². The molecule has 3 rings (SSSR count). The van der Waals surface area contributed by atoms with E-state index < -0.39 is 17.9 Å². The van der Waals surface area contributed by atoms with Gasteiger partial charge in [0.25, 0.3) is 0 Å². The van der Waals surface area contributed by atoms with Crippen LogP contribution in [0.1, 0.15) is 29.7 Å². The molecule has 0 bridgehead atoms. The molecule has 0 saturated carbocycles. The van der Waals surface area contributed by atoms with Crippen molar-refractivity contribution in [1.82, 2.24) is 9.97 Å². The molecule has 0 fully saturated rings. The van der Waals surface area contributed by atoms with Crippen LogP contribution in [0.5, 0.6) is 0 Å². The number of fused-ring (bicyclic) bond motifs is 3. The summed E-state index contributed by atoms with van der Waals surface area (Å²) in [6.45, 7) is 0. The van der Waals surface area contributed by atoms with Crippen LogP contribution >= 0.6 is 23.1 Å². The number of anilines is 1. The van der Waals surface area contributed by atoms with E-state index in [2.05, 4.69) is 15.3 Å². The first-order chi connectivity index (χ1) is 11.5. The molecule has 0 aromatic carbocycles. The number of aromatic nitrogens is 2. The molecule has 128 valence electrons. The molecule has 4 N–H and O–H groups in total. The monoisotopic (exact) mass is 366 g/mol. The van der Waals surface area contributed by atoms with Gasteiger partial charge in [-0.25, -0.2) is 14.8 Å². The van der Waals surface area contributed by atoms with Crippen molar-refractivity contribution in [2.45, 2.75) is 43.3 Å². The SMILES string of the molecule is CSc1nc(NC(CC(N)=O)C(=O)O)c2c3c(sc2n1)CCCC3. The molecule has 1 unspecified atom stereocenters. The highest BCUT2D eigenvalue weighted by Crippen LogP contribution is 2.39. The van der Waals surface area contributed by atoms with E-state index in [1.54, 1.807) is 11.3 Å². The molecule has 1 aliphatic rings. The molecule has 1 aliphatic carbocycles. The lowest BCUT2D eigenvalue weighted by molar-refractivity contribution is -0.139. The molecule has 0 saturated heterocycles. The number of thioether (sulfide) groups is 1. The molecular formula is C15H18N4O3S2. The van der Waals surface area contributed by atoms with Gasteiger partial charge < -0.3 is 16.2 Å². The van der Waals surface area contributed by atoms with Crippen LogP contribution in [0, 0.1) is 0 Å². The number of rotatable bonds is 6. The van der Waals surface area contributed by atoms with Crippen LogP contribution in [0.4, 0.5) is 5.82 Å². The summed E-state index contributed by atoms with van der Waals surface area (Å²) in [5.74, 6) is -1.31. The summed E-state index contributed by atoms with van der Waals surface area (Å²) < 4.78 is 0. The number of aryl methyl sites for hydroxylation is 2. The molecule has 1 amide bonds. The number of nitrogens with two attached hydrogens (primary N) is 1. The van der Waals surface area contributed by atoms with Crippen LogP contribution in [-0.4, -0.2) is 39.2 Å². The van der Waals surface area contributed by atoms with Gasteiger partial charge in [0.1, 0.15) is 16.7 Å². The van der Waals surface area contributed by atoms with Gasteiger partial charge in [0.15, 0.2) is 5.16 Å². The van der Waals surface area contributed by atoms with E-state index in [0.29, 0.717) is 11.0 Å². The van der Waals surface area contributed by atoms with Gasteiger partial charge >= 0.3 is 5.97 Å². The van der Waals surface area contributed by atoms with E-state index in [9.17, 15) is 14.7 Å². The molecule has 0 radical (unpaired) electrons. The lowest BCUT2D eigenvalue weighted by Gasteiger charge is -2.16. The zero-order chi connectivity index (χ0) is 17.3. The summed E-state index contributed by atoms with van der Waals surface area (Å²) in [6, 6.07) is -1.10. The second kappa shape index (κ2) is 6.94. The summed E-state index contributed by atoms with van der Waals surface area (Å²) in [7, 11) is 0. The molecular weight excluding hydrogens is 348 g/mol. The minimum atomic E-state index is -1.13. The first kappa shape index (κ1) is 17.0. The molecule has 0 spiro atoms. The van der Waals surface area contributed by atoms with Crippen LogP contribution in [0.3, 0.4) is 0 Å². The molecule has 9 heteroatoms. The number of aliphatic carboxylic acids is 1. The molecule has 2 aromatic heterocycles. The van der Waals surface area contributed by atoms with Crippen LogP contribution in [0.25, 0.3) is 10.2 Å². The summed E-state index contributed by atoms with van der Waals surface area (Å²) in [5.41, 5.74) is 6.38. The van der Waals surface area contributed by atoms with Crippen molar-refractivity contribution in [3.05, 3.63) is 10.4 Å². The van der Waals surface area contributed by atoms with Crippen LogP contribution in [-0.2, 0) is 22.4 Å². The number of amides is 1. The van der Waals surface area contributed by atoms with Gasteiger partial charge in [-0.2, -0.15) is 0 Å². The average Bonchev–Trinajstić information content (AvgIpc) is 2.91. The standard InChI is InChI=1S/C15H18N4O3S2/c1-23-15-18-12(17-8(14(21)22)6-10(16)20)11-7-4-2-3-5-9(7)24-13(11)19-15/h8H,2-6H2,1H3,(H2,16,20)(H,21,22)(H,17,18,19). The second-order valence-corrected chi connectivity index (χ2v) is 7.51. The summed E-state index contributed by atoms with van der Waals surface area (Å²) in [4.78, 5) is 33.8. The normalized spacial score (nSPS) is 15.0. The fraction of sp³-hybridized carbons (Fsp3) is 0.467. The van der Waals surface area contributed by atoms with Gasteiger partial charge in [-0.3, -0.25) is 4.79 Å². The van der Waals surface area contributed by atoms with Gasteiger partial charge in [0.05, 0.1) is 11.8 Å². The predicted octanol–water partition coefficient (Wildman–Crippen LogP) is 2.03. The third-order valence-electron chi connectivity index (χ3n) is 3.99. The van der Waals surface area contributed by atoms with E-state index >= 15 is 0 Å². The molecule has 0 aliphatic heterocycles. The molecule has 7 nitrogen and oxygen atoms in total. The second-order valence-electron chi connectivity index (χ2n) is 5.66. The van der Waals surface area contributed by atoms with Crippen LogP contribution in [0.15, 0.2) is 5.16 Å². The zero-order valence-corrected chi connectivity index (χ0v) is 14.8. The molecule has 2 aromatic rings. The highest BCUT2D eigenvalue weighted by Gasteiger charge is 2.25. The summed E-state index contributed by atoms with van der Waals surface area (Å²) >= 11 is 3.05. The van der Waals surface area contributed by atoms with Gasteiger partial charge in [0.2, 0.25) is 5.91 Å². The third kappa shape index (κ3) is 3.32. The van der Waals surface area contributed by atoms with E-state index in [4.69, 9.17) is 5.73 Å². The van der Waals surface area contributed by atoms with E-state index in [1.807, 2.05) is 6.26 Å². The van der Waals surface area contributed by atoms with Crippen molar-refractivity contribution in [1.29, 1.82) is 0 Å². The number of carboxylic acid groups (broad SMARTS) is 1. The number of nitrogens with one attached hydrogen (secondary N) is 1. The van der Waals surface area contributed by atoms with Gasteiger partial charge in [0, 0.05) is 4.88 Å². The Morgan fingerprint density at radius 2 is 2.12 bits per heavy atom. The van der Waals surface area contributed by atoms with Crippen molar-refractivity contribution >= 4 is 51.0 Å². The highest BCUT2D eigenvalue weighted by atomic mass is 32.2. The van der Waals surface area contributed by atoms with E-state index in [0.717, 1.165) is 35.9 Å². The number of hydrogen-bond acceptors (Lipinski definition) is 7. The zero-order valence-electron chi connectivity index (χ0n) is 13.2. The maximum Gasteiger partial charge on any atom is 0.326 e. The molecule has 24 heavy (non-hydrogen) atoms. The van der Waals surface area contributed by atoms with Crippen LogP contribution in [0.2, 0.25) is 0 Å². The summed E-state index contributed by atoms with van der Waals surface area (Å²) in [6.07, 6.45) is 5.81. The van der Waals surface area contributed by atoms with E-state index in [-0.39, 0.29) is 6.42 Å². The van der Waals surface area contributed by atoms with Crippen molar-refractivity contribution in [3.8, 4) is 0 Å². The maximum absolute atomic E-state index is 11.4. The summed E-state index contributed by atoms with van der Waals surface area (Å²) in [5, 5.41) is 13.7. The number of carbonyl (C=O) groups excluding carboxylic acids is 1. The van der Waals surface area contributed by atoms with E-state index in [1.165, 1.54) is 22.2 Å². The Hall–Kier alpha value is -1.87. The largest absolute Gasteiger partial charge is 0.480 e. The number of primary amides is 1. The maximum atomic E-state index is 11.4. The number of carboxylic acids is 1. The Bertz CT molecular complexity index is 806. The smallest absolute Gasteiger partial charge is 0.326 e. The number of hydrogen-bond donors (Lipinski definition) is 3.